The summed E-state index contributed by atoms with van der Waals surface area (Å²) >= 11 is 1.60. The Morgan fingerprint density at radius 1 is 1.64 bits per heavy atom. The fourth-order valence-corrected chi connectivity index (χ4v) is 2.10. The summed E-state index contributed by atoms with van der Waals surface area (Å²) in [5, 5.41) is 2.00. The molecule has 14 heavy (non-hydrogen) atoms. The van der Waals surface area contributed by atoms with Crippen molar-refractivity contribution in [2.24, 2.45) is 5.73 Å². The zero-order chi connectivity index (χ0) is 10.1. The molecule has 0 aromatic carbocycles. The molecule has 4 nitrogen and oxygen atoms in total. The lowest BCUT2D eigenvalue weighted by molar-refractivity contribution is 0.0991. The molecular weight excluding hydrogens is 198 g/mol. The highest BCUT2D eigenvalue weighted by Crippen LogP contribution is 2.27. The number of aryl methyl sites for hydroxylation is 1. The van der Waals surface area contributed by atoms with E-state index in [0.29, 0.717) is 0 Å². The molecule has 0 aliphatic heterocycles. The molecule has 0 radical (unpaired) electrons. The number of nitrogens with zero attached hydrogens (tertiary/aromatic N) is 1. The molecular formula is C9H9N3OS. The number of nitrogens with two attached hydrogens (primary N) is 1. The van der Waals surface area contributed by atoms with Gasteiger partial charge in [-0.05, 0) is 23.9 Å². The van der Waals surface area contributed by atoms with Gasteiger partial charge in [-0.3, -0.25) is 4.79 Å². The van der Waals surface area contributed by atoms with Gasteiger partial charge in [-0.1, -0.05) is 0 Å². The Bertz CT molecular complexity index is 472. The van der Waals surface area contributed by atoms with Gasteiger partial charge >= 0.3 is 0 Å². The number of aromatic amines is 1. The molecule has 0 saturated carbocycles. The zero-order valence-corrected chi connectivity index (χ0v) is 8.39. The topological polar surface area (TPSA) is 71.8 Å². The Morgan fingerprint density at radius 2 is 2.43 bits per heavy atom. The van der Waals surface area contributed by atoms with Gasteiger partial charge in [-0.15, -0.1) is 11.3 Å². The first-order valence-electron chi connectivity index (χ1n) is 4.08. The maximum Gasteiger partial charge on any atom is 0.284 e. The van der Waals surface area contributed by atoms with E-state index in [1.165, 1.54) is 0 Å². The highest BCUT2D eigenvalue weighted by Gasteiger charge is 2.09. The predicted molar refractivity (Wildman–Crippen MR) is 55.2 cm³/mol. The van der Waals surface area contributed by atoms with Crippen molar-refractivity contribution in [1.29, 1.82) is 0 Å². The van der Waals surface area contributed by atoms with Crippen LogP contribution in [-0.4, -0.2) is 15.9 Å². The van der Waals surface area contributed by atoms with Crippen LogP contribution in [0.4, 0.5) is 0 Å². The molecule has 0 bridgehead atoms. The van der Waals surface area contributed by atoms with E-state index in [1.54, 1.807) is 17.5 Å². The molecule has 2 heterocycles. The fourth-order valence-electron chi connectivity index (χ4n) is 1.21. The van der Waals surface area contributed by atoms with Gasteiger partial charge in [0.1, 0.15) is 0 Å². The van der Waals surface area contributed by atoms with Crippen LogP contribution in [-0.2, 0) is 0 Å². The summed E-state index contributed by atoms with van der Waals surface area (Å²) in [6, 6.07) is 2.02. The van der Waals surface area contributed by atoms with Crippen LogP contribution < -0.4 is 5.73 Å². The Morgan fingerprint density at radius 3 is 2.93 bits per heavy atom. The molecule has 0 fully saturated rings. The van der Waals surface area contributed by atoms with Gasteiger partial charge in [0.25, 0.3) is 5.91 Å². The van der Waals surface area contributed by atoms with E-state index < -0.39 is 5.91 Å². The number of nitrogens with one attached hydrogen (secondary N) is 1. The average Bonchev–Trinajstić information content (AvgIpc) is 2.71. The van der Waals surface area contributed by atoms with Crippen LogP contribution >= 0.6 is 11.3 Å². The number of imidazole rings is 1. The van der Waals surface area contributed by atoms with Gasteiger partial charge in [0, 0.05) is 0 Å². The van der Waals surface area contributed by atoms with E-state index in [9.17, 15) is 4.79 Å². The second-order valence-corrected chi connectivity index (χ2v) is 3.86. The van der Waals surface area contributed by atoms with Crippen LogP contribution in [0.15, 0.2) is 17.6 Å². The smallest absolute Gasteiger partial charge is 0.284 e. The summed E-state index contributed by atoms with van der Waals surface area (Å²) in [4.78, 5) is 18.7. The third-order valence-electron chi connectivity index (χ3n) is 1.92. The standard InChI is InChI=1S/C9H9N3OS/c1-5-2-3-14-7(5)6-4-11-9(12-6)8(10)13/h2-4H,1H3,(H2,10,13)(H,11,12). The van der Waals surface area contributed by atoms with E-state index in [-0.39, 0.29) is 5.82 Å². The third-order valence-corrected chi connectivity index (χ3v) is 2.97. The first-order valence-corrected chi connectivity index (χ1v) is 4.95. The van der Waals surface area contributed by atoms with Crippen LogP contribution in [0.2, 0.25) is 0 Å². The summed E-state index contributed by atoms with van der Waals surface area (Å²) in [5.41, 5.74) is 7.09. The Kier molecular flexibility index (Phi) is 2.09. The number of thiophene rings is 1. The highest BCUT2D eigenvalue weighted by molar-refractivity contribution is 7.13. The van der Waals surface area contributed by atoms with Crippen molar-refractivity contribution >= 4 is 17.2 Å². The minimum atomic E-state index is -0.537. The van der Waals surface area contributed by atoms with Gasteiger partial charge in [-0.2, -0.15) is 0 Å². The van der Waals surface area contributed by atoms with Gasteiger partial charge in [0.15, 0.2) is 5.82 Å². The number of amides is 1. The largest absolute Gasteiger partial charge is 0.363 e. The minimum absolute atomic E-state index is 0.202. The van der Waals surface area contributed by atoms with Crippen LogP contribution in [0, 0.1) is 6.92 Å². The van der Waals surface area contributed by atoms with Crippen LogP contribution in [0.1, 0.15) is 16.2 Å². The Balaban J connectivity index is 2.43. The Labute approximate surface area is 84.8 Å². The number of hydrogen-bond donors (Lipinski definition) is 2. The first-order chi connectivity index (χ1) is 6.68. The van der Waals surface area contributed by atoms with Crippen molar-refractivity contribution in [3.63, 3.8) is 0 Å². The molecule has 3 N–H and O–H groups in total. The number of rotatable bonds is 2. The lowest BCUT2D eigenvalue weighted by Crippen LogP contribution is -2.12. The SMILES string of the molecule is Cc1ccsc1-c1cnc(C(N)=O)[nH]1. The van der Waals surface area contributed by atoms with Crippen LogP contribution in [0.3, 0.4) is 0 Å². The molecule has 0 spiro atoms. The van der Waals surface area contributed by atoms with E-state index in [4.69, 9.17) is 5.73 Å². The molecule has 1 amide bonds. The lowest BCUT2D eigenvalue weighted by atomic mass is 10.2. The van der Waals surface area contributed by atoms with Crippen molar-refractivity contribution in [3.05, 3.63) is 29.0 Å². The van der Waals surface area contributed by atoms with Crippen molar-refractivity contribution in [1.82, 2.24) is 9.97 Å². The average molecular weight is 207 g/mol. The monoisotopic (exact) mass is 207 g/mol. The quantitative estimate of drug-likeness (QED) is 0.784. The number of carbonyl (C=O) groups is 1. The summed E-state index contributed by atoms with van der Waals surface area (Å²) in [7, 11) is 0. The van der Waals surface area contributed by atoms with Crippen LogP contribution in [0.5, 0.6) is 0 Å². The molecule has 2 aromatic heterocycles. The highest BCUT2D eigenvalue weighted by atomic mass is 32.1. The van der Waals surface area contributed by atoms with E-state index in [2.05, 4.69) is 9.97 Å². The molecule has 2 rings (SSSR count). The van der Waals surface area contributed by atoms with Crippen molar-refractivity contribution in [2.45, 2.75) is 6.92 Å². The van der Waals surface area contributed by atoms with Crippen molar-refractivity contribution < 1.29 is 4.79 Å². The summed E-state index contributed by atoms with van der Waals surface area (Å²) in [6.45, 7) is 2.01. The Hall–Kier alpha value is -1.62. The van der Waals surface area contributed by atoms with Crippen LogP contribution in [0.25, 0.3) is 10.6 Å². The molecule has 0 aliphatic rings. The maximum atomic E-state index is 10.8. The van der Waals surface area contributed by atoms with Gasteiger partial charge < -0.3 is 10.7 Å². The molecule has 2 aromatic rings. The third kappa shape index (κ3) is 1.42. The summed E-state index contributed by atoms with van der Waals surface area (Å²) in [5.74, 6) is -0.335. The molecule has 5 heteroatoms. The second kappa shape index (κ2) is 3.26. The van der Waals surface area contributed by atoms with Crippen molar-refractivity contribution in [2.75, 3.05) is 0 Å². The summed E-state index contributed by atoms with van der Waals surface area (Å²) in [6.07, 6.45) is 1.62. The molecule has 0 aliphatic carbocycles. The minimum Gasteiger partial charge on any atom is -0.363 e. The first kappa shape index (κ1) is 8.96. The number of aromatic nitrogens is 2. The maximum absolute atomic E-state index is 10.8. The molecule has 72 valence electrons. The van der Waals surface area contributed by atoms with E-state index in [0.717, 1.165) is 16.1 Å². The summed E-state index contributed by atoms with van der Waals surface area (Å²) < 4.78 is 0. The lowest BCUT2D eigenvalue weighted by Gasteiger charge is -1.93. The molecule has 0 saturated heterocycles. The second-order valence-electron chi connectivity index (χ2n) is 2.94. The van der Waals surface area contributed by atoms with E-state index >= 15 is 0 Å². The number of hydrogen-bond acceptors (Lipinski definition) is 3. The fraction of sp³-hybridized carbons (Fsp3) is 0.111. The molecule has 0 unspecified atom stereocenters. The molecule has 0 atom stereocenters. The van der Waals surface area contributed by atoms with Gasteiger partial charge in [-0.25, -0.2) is 4.98 Å². The number of carbonyl (C=O) groups excluding carboxylic acids is 1. The van der Waals surface area contributed by atoms with E-state index in [1.807, 2.05) is 18.4 Å². The van der Waals surface area contributed by atoms with Gasteiger partial charge in [0.2, 0.25) is 0 Å². The van der Waals surface area contributed by atoms with Crippen molar-refractivity contribution in [3.8, 4) is 10.6 Å². The predicted octanol–water partition coefficient (Wildman–Crippen LogP) is 1.55. The normalized spacial score (nSPS) is 10.4. The van der Waals surface area contributed by atoms with Gasteiger partial charge in [0.05, 0.1) is 16.8 Å². The number of primary amides is 1. The zero-order valence-electron chi connectivity index (χ0n) is 7.57. The number of H-pyrrole nitrogens is 1.